The van der Waals surface area contributed by atoms with Gasteiger partial charge in [0.1, 0.15) is 39.1 Å². The van der Waals surface area contributed by atoms with Gasteiger partial charge in [-0.1, -0.05) is 115 Å². The van der Waals surface area contributed by atoms with Crippen molar-refractivity contribution in [2.75, 3.05) is 0 Å². The Labute approximate surface area is 365 Å². The van der Waals surface area contributed by atoms with Crippen LogP contribution in [0.2, 0.25) is 0 Å². The Kier molecular flexibility index (Phi) is 9.45. The minimum atomic E-state index is -3.91. The Morgan fingerprint density at radius 3 is 1.25 bits per heavy atom. The molecule has 0 aliphatic carbocycles. The summed E-state index contributed by atoms with van der Waals surface area (Å²) < 4.78 is 51.6. The van der Waals surface area contributed by atoms with Gasteiger partial charge in [0.2, 0.25) is 0 Å². The highest BCUT2D eigenvalue weighted by molar-refractivity contribution is 7.69. The molecule has 2 aliphatic rings. The highest BCUT2D eigenvalue weighted by Crippen LogP contribution is 2.70. The highest BCUT2D eigenvalue weighted by atomic mass is 31.2. The van der Waals surface area contributed by atoms with E-state index in [1.165, 1.54) is 12.1 Å². The van der Waals surface area contributed by atoms with Crippen LogP contribution in [-0.4, -0.2) is 15.3 Å². The largest absolute Gasteiger partial charge is 0.508 e. The van der Waals surface area contributed by atoms with E-state index in [4.69, 9.17) is 13.8 Å². The molecule has 63 heavy (non-hydrogen) atoms. The topological polar surface area (TPSA) is 123 Å². The molecule has 10 rings (SSSR count). The van der Waals surface area contributed by atoms with Crippen molar-refractivity contribution in [3.8, 4) is 62.5 Å². The number of aryl methyl sites for hydroxylation is 1. The summed E-state index contributed by atoms with van der Waals surface area (Å²) in [6, 6.07) is 54.8. The van der Waals surface area contributed by atoms with Gasteiger partial charge in [0, 0.05) is 11.1 Å². The zero-order valence-electron chi connectivity index (χ0n) is 34.6. The van der Waals surface area contributed by atoms with Crippen LogP contribution in [0.1, 0.15) is 41.7 Å². The molecule has 0 saturated heterocycles. The van der Waals surface area contributed by atoms with Crippen molar-refractivity contribution in [2.24, 2.45) is 0 Å². The molecule has 8 aromatic carbocycles. The number of aromatic hydroxyl groups is 3. The van der Waals surface area contributed by atoms with Crippen LogP contribution in [0.5, 0.6) is 40.2 Å². The number of fused-ring (bicyclic) bond motifs is 6. The molecule has 0 radical (unpaired) electrons. The summed E-state index contributed by atoms with van der Waals surface area (Å²) in [4.78, 5) is 0. The molecule has 0 aromatic heterocycles. The lowest BCUT2D eigenvalue weighted by atomic mass is 9.91. The van der Waals surface area contributed by atoms with Crippen LogP contribution >= 0.6 is 14.7 Å². The van der Waals surface area contributed by atoms with E-state index in [1.54, 1.807) is 30.3 Å². The molecule has 0 spiro atoms. The third-order valence-electron chi connectivity index (χ3n) is 12.8. The maximum absolute atomic E-state index is 15.9. The average molecular weight is 869 g/mol. The number of phenols is 3. The molecule has 4 atom stereocenters. The van der Waals surface area contributed by atoms with E-state index in [2.05, 4.69) is 0 Å². The molecule has 10 heteroatoms. The van der Waals surface area contributed by atoms with Crippen LogP contribution in [0.4, 0.5) is 0 Å². The van der Waals surface area contributed by atoms with Crippen molar-refractivity contribution in [3.63, 3.8) is 0 Å². The van der Waals surface area contributed by atoms with E-state index < -0.39 is 25.0 Å². The van der Waals surface area contributed by atoms with Crippen LogP contribution in [0.3, 0.4) is 0 Å². The first-order valence-electron chi connectivity index (χ1n) is 20.5. The number of phenolic OH excluding ortho intramolecular Hbond substituents is 3. The Hall–Kier alpha value is -6.98. The fourth-order valence-corrected chi connectivity index (χ4v) is 15.0. The fourth-order valence-electron chi connectivity index (χ4n) is 9.08. The molecule has 2 heterocycles. The zero-order valence-corrected chi connectivity index (χ0v) is 36.4. The Morgan fingerprint density at radius 1 is 0.429 bits per heavy atom. The van der Waals surface area contributed by atoms with Crippen LogP contribution < -0.4 is 24.4 Å². The van der Waals surface area contributed by atoms with E-state index in [0.717, 1.165) is 22.3 Å². The number of rotatable bonds is 8. The monoisotopic (exact) mass is 868 g/mol. The number of benzene rings is 8. The average Bonchev–Trinajstić information content (AvgIpc) is 3.31. The van der Waals surface area contributed by atoms with Gasteiger partial charge in [-0.15, -0.1) is 0 Å². The van der Waals surface area contributed by atoms with Gasteiger partial charge < -0.3 is 29.1 Å². The lowest BCUT2D eigenvalue weighted by Crippen LogP contribution is -2.34. The number of hydrogen-bond donors (Lipinski definition) is 3. The van der Waals surface area contributed by atoms with Gasteiger partial charge in [-0.3, -0.25) is 9.13 Å². The lowest BCUT2D eigenvalue weighted by Gasteiger charge is -2.41. The summed E-state index contributed by atoms with van der Waals surface area (Å²) in [6.07, 6.45) is 0. The summed E-state index contributed by atoms with van der Waals surface area (Å²) in [5, 5.41) is 30.6. The van der Waals surface area contributed by atoms with Crippen molar-refractivity contribution in [2.45, 2.75) is 31.1 Å². The van der Waals surface area contributed by atoms with Crippen molar-refractivity contribution >= 4 is 25.3 Å². The molecule has 312 valence electrons. The van der Waals surface area contributed by atoms with Gasteiger partial charge in [0.15, 0.2) is 11.5 Å². The third-order valence-corrected chi connectivity index (χ3v) is 19.1. The molecular weight excluding hydrogens is 827 g/mol. The third kappa shape index (κ3) is 6.12. The van der Waals surface area contributed by atoms with Gasteiger partial charge in [0.25, 0.3) is 14.7 Å². The molecule has 0 fully saturated rings. The normalized spacial score (nSPS) is 19.0. The molecule has 8 nitrogen and oxygen atoms in total. The maximum atomic E-state index is 15.9. The van der Waals surface area contributed by atoms with E-state index in [9.17, 15) is 15.3 Å². The first-order chi connectivity index (χ1) is 30.3. The van der Waals surface area contributed by atoms with E-state index >= 15 is 9.13 Å². The maximum Gasteiger partial charge on any atom is 0.292 e. The summed E-state index contributed by atoms with van der Waals surface area (Å²) >= 11 is 0. The van der Waals surface area contributed by atoms with Crippen LogP contribution in [-0.2, 0) is 19.4 Å². The molecule has 0 amide bonds. The van der Waals surface area contributed by atoms with Gasteiger partial charge in [-0.2, -0.15) is 0 Å². The van der Waals surface area contributed by atoms with Crippen LogP contribution in [0, 0.1) is 6.92 Å². The summed E-state index contributed by atoms with van der Waals surface area (Å²) in [5.74, 6) is 1.47. The number of para-hydroxylation sites is 2. The Bertz CT molecular complexity index is 2990. The highest BCUT2D eigenvalue weighted by Gasteiger charge is 2.55. The zero-order chi connectivity index (χ0) is 43.7. The smallest absolute Gasteiger partial charge is 0.292 e. The summed E-state index contributed by atoms with van der Waals surface area (Å²) in [6.45, 7) is 5.56. The number of hydrogen-bond acceptors (Lipinski definition) is 8. The predicted octanol–water partition coefficient (Wildman–Crippen LogP) is 12.8. The molecule has 0 saturated carbocycles. The van der Waals surface area contributed by atoms with Crippen molar-refractivity contribution in [3.05, 3.63) is 210 Å². The van der Waals surface area contributed by atoms with E-state index in [-0.39, 0.29) is 17.2 Å². The van der Waals surface area contributed by atoms with Crippen molar-refractivity contribution < 1.29 is 38.2 Å². The fraction of sp³-hybridized carbons (Fsp3) is 0.0943. The Balaban J connectivity index is 1.03. The summed E-state index contributed by atoms with van der Waals surface area (Å²) in [5.41, 5.74) is 6.45. The second-order valence-electron chi connectivity index (χ2n) is 16.3. The van der Waals surface area contributed by atoms with Crippen LogP contribution in [0.15, 0.2) is 182 Å². The minimum Gasteiger partial charge on any atom is -0.508 e. The molecule has 8 aromatic rings. The quantitative estimate of drug-likeness (QED) is 0.102. The van der Waals surface area contributed by atoms with Crippen molar-refractivity contribution in [1.29, 1.82) is 0 Å². The SMILES string of the molecule is Cc1ccc(C(C)(c2ccc(Oc3ccc(C(C)(c4ccc(O)c(O)c4)P4(=O)Oc5ccccc5-c5ccccc54)cc3)cc2)P2(=O)Oc3ccccc3-c3ccccc32)cc1O. The predicted molar refractivity (Wildman–Crippen MR) is 248 cm³/mol. The molecule has 2 aliphatic heterocycles. The standard InChI is InChI=1S/C53H42O8P2/c1-34-20-21-37(32-46(34)55)52(2,62(57)50-18-10-6-14-43(50)41-12-4-8-16-48(41)60-62)35-22-27-39(28-23-35)59-40-29-24-36(25-30-40)53(3,38-26-31-45(54)47(56)33-38)63(58)51-19-11-7-15-44(51)42-13-5-9-17-49(42)61-63/h4-33,54-56H,1-3H3. The van der Waals surface area contributed by atoms with Crippen LogP contribution in [0.25, 0.3) is 22.3 Å². The molecule has 4 unspecified atom stereocenters. The van der Waals surface area contributed by atoms with Gasteiger partial charge in [-0.25, -0.2) is 0 Å². The minimum absolute atomic E-state index is 0.0897. The molecule has 3 N–H and O–H groups in total. The van der Waals surface area contributed by atoms with Gasteiger partial charge in [0.05, 0.1) is 10.6 Å². The number of ether oxygens (including phenoxy) is 1. The van der Waals surface area contributed by atoms with Gasteiger partial charge in [-0.05, 0) is 126 Å². The summed E-state index contributed by atoms with van der Waals surface area (Å²) in [7, 11) is -7.75. The van der Waals surface area contributed by atoms with E-state index in [0.29, 0.717) is 61.4 Å². The Morgan fingerprint density at radius 2 is 0.810 bits per heavy atom. The first-order valence-corrected chi connectivity index (χ1v) is 23.8. The molecular formula is C53H42O8P2. The second kappa shape index (κ2) is 14.8. The van der Waals surface area contributed by atoms with Gasteiger partial charge >= 0.3 is 0 Å². The van der Waals surface area contributed by atoms with Crippen molar-refractivity contribution in [1.82, 2.24) is 0 Å². The van der Waals surface area contributed by atoms with E-state index in [1.807, 2.05) is 160 Å². The second-order valence-corrected chi connectivity index (χ2v) is 21.6. The molecule has 0 bridgehead atoms. The lowest BCUT2D eigenvalue weighted by molar-refractivity contribution is 0.402. The first kappa shape index (κ1) is 40.1.